The summed E-state index contributed by atoms with van der Waals surface area (Å²) in [5.74, 6) is 1.75. The lowest BCUT2D eigenvalue weighted by Crippen LogP contribution is -2.48. The summed E-state index contributed by atoms with van der Waals surface area (Å²) >= 11 is 0. The van der Waals surface area contributed by atoms with Crippen molar-refractivity contribution in [1.29, 1.82) is 0 Å². The monoisotopic (exact) mass is 427 g/mol. The Bertz CT molecular complexity index is 931. The SMILES string of the molecule is O=S(=O)(/C=C/c1ccccc1)N1CCN(c2ccc(N3CCCCCC3)nn2)CC1. The van der Waals surface area contributed by atoms with Crippen molar-refractivity contribution in [3.05, 3.63) is 53.4 Å². The zero-order valence-electron chi connectivity index (χ0n) is 17.2. The van der Waals surface area contributed by atoms with Gasteiger partial charge in [-0.2, -0.15) is 4.31 Å². The maximum Gasteiger partial charge on any atom is 0.236 e. The zero-order chi connectivity index (χ0) is 20.8. The van der Waals surface area contributed by atoms with E-state index in [0.717, 1.165) is 30.3 Å². The van der Waals surface area contributed by atoms with Crippen LogP contribution in [0, 0.1) is 0 Å². The van der Waals surface area contributed by atoms with Crippen molar-refractivity contribution < 1.29 is 8.42 Å². The molecule has 1 aromatic heterocycles. The molecule has 3 heterocycles. The molecule has 2 fully saturated rings. The van der Waals surface area contributed by atoms with Gasteiger partial charge < -0.3 is 9.80 Å². The smallest absolute Gasteiger partial charge is 0.236 e. The van der Waals surface area contributed by atoms with Gasteiger partial charge in [0, 0.05) is 44.7 Å². The van der Waals surface area contributed by atoms with Crippen molar-refractivity contribution in [1.82, 2.24) is 14.5 Å². The van der Waals surface area contributed by atoms with E-state index in [1.165, 1.54) is 35.4 Å². The van der Waals surface area contributed by atoms with Gasteiger partial charge in [-0.3, -0.25) is 0 Å². The average molecular weight is 428 g/mol. The lowest BCUT2D eigenvalue weighted by molar-refractivity contribution is 0.388. The van der Waals surface area contributed by atoms with Gasteiger partial charge in [0.25, 0.3) is 0 Å². The molecule has 2 aliphatic rings. The Kier molecular flexibility index (Phi) is 6.64. The molecule has 2 saturated heterocycles. The normalized spacial score (nSPS) is 19.2. The van der Waals surface area contributed by atoms with E-state index < -0.39 is 10.0 Å². The third kappa shape index (κ3) is 5.17. The molecule has 0 atom stereocenters. The molecule has 0 radical (unpaired) electrons. The quantitative estimate of drug-likeness (QED) is 0.731. The molecule has 1 aromatic carbocycles. The molecular formula is C22H29N5O2S. The number of aromatic nitrogens is 2. The van der Waals surface area contributed by atoms with Gasteiger partial charge in [-0.25, -0.2) is 8.42 Å². The molecule has 8 heteroatoms. The molecule has 4 rings (SSSR count). The van der Waals surface area contributed by atoms with Crippen molar-refractivity contribution >= 4 is 27.7 Å². The molecule has 30 heavy (non-hydrogen) atoms. The summed E-state index contributed by atoms with van der Waals surface area (Å²) in [5.41, 5.74) is 0.875. The van der Waals surface area contributed by atoms with Crippen LogP contribution in [0.25, 0.3) is 6.08 Å². The van der Waals surface area contributed by atoms with Crippen LogP contribution in [0.5, 0.6) is 0 Å². The number of piperazine rings is 1. The van der Waals surface area contributed by atoms with Crippen LogP contribution in [0.15, 0.2) is 47.9 Å². The fourth-order valence-electron chi connectivity index (χ4n) is 3.94. The molecule has 0 aliphatic carbocycles. The number of rotatable bonds is 5. The number of hydrogen-bond acceptors (Lipinski definition) is 6. The van der Waals surface area contributed by atoms with Gasteiger partial charge in [-0.1, -0.05) is 43.2 Å². The van der Waals surface area contributed by atoms with Crippen molar-refractivity contribution in [2.45, 2.75) is 25.7 Å². The van der Waals surface area contributed by atoms with Crippen molar-refractivity contribution in [3.8, 4) is 0 Å². The highest BCUT2D eigenvalue weighted by atomic mass is 32.2. The first-order chi connectivity index (χ1) is 14.6. The highest BCUT2D eigenvalue weighted by molar-refractivity contribution is 7.92. The molecule has 7 nitrogen and oxygen atoms in total. The highest BCUT2D eigenvalue weighted by Crippen LogP contribution is 2.20. The molecule has 0 N–H and O–H groups in total. The number of anilines is 2. The van der Waals surface area contributed by atoms with Gasteiger partial charge >= 0.3 is 0 Å². The third-order valence-electron chi connectivity index (χ3n) is 5.72. The fourth-order valence-corrected chi connectivity index (χ4v) is 5.12. The Morgan fingerprint density at radius 1 is 0.700 bits per heavy atom. The summed E-state index contributed by atoms with van der Waals surface area (Å²) in [7, 11) is -3.43. The van der Waals surface area contributed by atoms with E-state index in [9.17, 15) is 8.42 Å². The van der Waals surface area contributed by atoms with Crippen LogP contribution in [-0.4, -0.2) is 62.2 Å². The lowest BCUT2D eigenvalue weighted by Gasteiger charge is -2.34. The maximum atomic E-state index is 12.6. The molecule has 0 unspecified atom stereocenters. The van der Waals surface area contributed by atoms with Gasteiger partial charge in [-0.15, -0.1) is 10.2 Å². The van der Waals surface area contributed by atoms with Crippen LogP contribution in [0.1, 0.15) is 31.2 Å². The standard InChI is InChI=1S/C22H29N5O2S/c28-30(29,19-12-20-8-4-3-5-9-20)27-17-15-26(16-18-27)22-11-10-21(23-24-22)25-13-6-1-2-7-14-25/h3-5,8-12,19H,1-2,6-7,13-18H2/b19-12+. The second-order valence-electron chi connectivity index (χ2n) is 7.80. The first kappa shape index (κ1) is 20.8. The molecule has 0 spiro atoms. The Hall–Kier alpha value is -2.45. The number of sulfonamides is 1. The van der Waals surface area contributed by atoms with E-state index in [-0.39, 0.29) is 0 Å². The Labute approximate surface area is 179 Å². The first-order valence-electron chi connectivity index (χ1n) is 10.7. The van der Waals surface area contributed by atoms with Crippen LogP contribution < -0.4 is 9.80 Å². The van der Waals surface area contributed by atoms with Crippen LogP contribution in [0.3, 0.4) is 0 Å². The molecule has 2 aliphatic heterocycles. The molecule has 160 valence electrons. The van der Waals surface area contributed by atoms with Crippen molar-refractivity contribution in [2.75, 3.05) is 49.1 Å². The second-order valence-corrected chi connectivity index (χ2v) is 9.61. The summed E-state index contributed by atoms with van der Waals surface area (Å²) in [6, 6.07) is 13.5. The number of benzene rings is 1. The Morgan fingerprint density at radius 3 is 1.83 bits per heavy atom. The van der Waals surface area contributed by atoms with Gasteiger partial charge in [-0.05, 0) is 36.6 Å². The minimum Gasteiger partial charge on any atom is -0.355 e. The zero-order valence-corrected chi connectivity index (χ0v) is 18.0. The van der Waals surface area contributed by atoms with Crippen molar-refractivity contribution in [2.24, 2.45) is 0 Å². The predicted octanol–water partition coefficient (Wildman–Crippen LogP) is 2.98. The van der Waals surface area contributed by atoms with E-state index in [2.05, 4.69) is 20.0 Å². The van der Waals surface area contributed by atoms with Gasteiger partial charge in [0.1, 0.15) is 0 Å². The molecular weight excluding hydrogens is 398 g/mol. The predicted molar refractivity (Wildman–Crippen MR) is 121 cm³/mol. The van der Waals surface area contributed by atoms with E-state index in [4.69, 9.17) is 0 Å². The molecule has 0 amide bonds. The molecule has 2 aromatic rings. The minimum absolute atomic E-state index is 0.441. The van der Waals surface area contributed by atoms with Gasteiger partial charge in [0.2, 0.25) is 10.0 Å². The van der Waals surface area contributed by atoms with Crippen molar-refractivity contribution in [3.63, 3.8) is 0 Å². The summed E-state index contributed by atoms with van der Waals surface area (Å²) in [6.45, 7) is 4.18. The summed E-state index contributed by atoms with van der Waals surface area (Å²) in [6.07, 6.45) is 6.64. The van der Waals surface area contributed by atoms with Gasteiger partial charge in [0.05, 0.1) is 0 Å². The van der Waals surface area contributed by atoms with E-state index in [1.807, 2.05) is 42.5 Å². The van der Waals surface area contributed by atoms with E-state index >= 15 is 0 Å². The summed E-state index contributed by atoms with van der Waals surface area (Å²) in [4.78, 5) is 4.42. The Balaban J connectivity index is 1.34. The fraction of sp³-hybridized carbons (Fsp3) is 0.455. The van der Waals surface area contributed by atoms with Crippen LogP contribution in [0.2, 0.25) is 0 Å². The topological polar surface area (TPSA) is 69.6 Å². The molecule has 0 bridgehead atoms. The van der Waals surface area contributed by atoms with Crippen LogP contribution in [0.4, 0.5) is 11.6 Å². The number of nitrogens with zero attached hydrogens (tertiary/aromatic N) is 5. The average Bonchev–Trinajstić information content (AvgIpc) is 3.08. The maximum absolute atomic E-state index is 12.6. The van der Waals surface area contributed by atoms with E-state index in [0.29, 0.717) is 26.2 Å². The van der Waals surface area contributed by atoms with Gasteiger partial charge in [0.15, 0.2) is 11.6 Å². The van der Waals surface area contributed by atoms with Crippen LogP contribution >= 0.6 is 0 Å². The summed E-state index contributed by atoms with van der Waals surface area (Å²) in [5, 5.41) is 10.2. The molecule has 0 saturated carbocycles. The second kappa shape index (κ2) is 9.57. The minimum atomic E-state index is -3.43. The highest BCUT2D eigenvalue weighted by Gasteiger charge is 2.26. The lowest BCUT2D eigenvalue weighted by atomic mass is 10.2. The summed E-state index contributed by atoms with van der Waals surface area (Å²) < 4.78 is 26.8. The van der Waals surface area contributed by atoms with Crippen LogP contribution in [-0.2, 0) is 10.0 Å². The number of hydrogen-bond donors (Lipinski definition) is 0. The first-order valence-corrected chi connectivity index (χ1v) is 12.2. The largest absolute Gasteiger partial charge is 0.355 e. The third-order valence-corrected chi connectivity index (χ3v) is 7.29. The van der Waals surface area contributed by atoms with E-state index in [1.54, 1.807) is 6.08 Å². The Morgan fingerprint density at radius 2 is 1.27 bits per heavy atom.